The van der Waals surface area contributed by atoms with Crippen LogP contribution in [0, 0.1) is 0 Å². The number of nitrogens with zero attached hydrogens (tertiary/aromatic N) is 1. The number of hydrogen-bond acceptors (Lipinski definition) is 5. The van der Waals surface area contributed by atoms with Crippen LogP contribution in [0.5, 0.6) is 0 Å². The molecule has 1 aliphatic rings. The third-order valence-electron chi connectivity index (χ3n) is 5.51. The van der Waals surface area contributed by atoms with E-state index in [1.54, 1.807) is 23.1 Å². The first-order chi connectivity index (χ1) is 15.7. The SMILES string of the molecule is O=C(NCc1cccc(N2CCCC2=O)c1)c1oc2ccccc2c1CSc1cccs1. The van der Waals surface area contributed by atoms with E-state index in [0.29, 0.717) is 30.1 Å². The van der Waals surface area contributed by atoms with Gasteiger partial charge in [0.2, 0.25) is 5.91 Å². The Bertz CT molecular complexity index is 1260. The summed E-state index contributed by atoms with van der Waals surface area (Å²) in [6.45, 7) is 1.11. The Balaban J connectivity index is 1.34. The number of carbonyl (C=O) groups excluding carboxylic acids is 2. The van der Waals surface area contributed by atoms with E-state index in [9.17, 15) is 9.59 Å². The van der Waals surface area contributed by atoms with E-state index in [1.807, 2.05) is 64.9 Å². The van der Waals surface area contributed by atoms with Crippen LogP contribution in [0.2, 0.25) is 0 Å². The number of hydrogen-bond donors (Lipinski definition) is 1. The van der Waals surface area contributed by atoms with Crippen molar-refractivity contribution in [1.82, 2.24) is 5.32 Å². The topological polar surface area (TPSA) is 62.6 Å². The summed E-state index contributed by atoms with van der Waals surface area (Å²) in [5.74, 6) is 0.945. The van der Waals surface area contributed by atoms with Gasteiger partial charge < -0.3 is 14.6 Å². The smallest absolute Gasteiger partial charge is 0.287 e. The average molecular weight is 463 g/mol. The molecule has 0 spiro atoms. The molecule has 7 heteroatoms. The van der Waals surface area contributed by atoms with Gasteiger partial charge in [-0.15, -0.1) is 23.1 Å². The molecule has 162 valence electrons. The Morgan fingerprint density at radius 3 is 2.84 bits per heavy atom. The summed E-state index contributed by atoms with van der Waals surface area (Å²) in [7, 11) is 0. The first kappa shape index (κ1) is 20.8. The van der Waals surface area contributed by atoms with E-state index in [0.717, 1.165) is 35.2 Å². The molecule has 32 heavy (non-hydrogen) atoms. The number of carbonyl (C=O) groups is 2. The molecule has 2 amide bonds. The van der Waals surface area contributed by atoms with E-state index in [1.165, 1.54) is 4.21 Å². The quantitative estimate of drug-likeness (QED) is 0.350. The zero-order valence-corrected chi connectivity index (χ0v) is 19.0. The van der Waals surface area contributed by atoms with Crippen LogP contribution in [0.3, 0.4) is 0 Å². The van der Waals surface area contributed by atoms with Crippen molar-refractivity contribution in [1.29, 1.82) is 0 Å². The Kier molecular flexibility index (Phi) is 6.01. The van der Waals surface area contributed by atoms with Crippen LogP contribution in [0.15, 0.2) is 74.7 Å². The lowest BCUT2D eigenvalue weighted by atomic mass is 10.1. The number of fused-ring (bicyclic) bond motifs is 1. The summed E-state index contributed by atoms with van der Waals surface area (Å²) in [5.41, 5.74) is 3.46. The van der Waals surface area contributed by atoms with Crippen molar-refractivity contribution in [3.05, 3.63) is 82.9 Å². The number of benzene rings is 2. The second-order valence-electron chi connectivity index (χ2n) is 7.63. The Hall–Kier alpha value is -3.03. The number of furan rings is 1. The fraction of sp³-hybridized carbons (Fsp3) is 0.200. The molecule has 1 N–H and O–H groups in total. The van der Waals surface area contributed by atoms with Gasteiger partial charge in [-0.1, -0.05) is 36.4 Å². The van der Waals surface area contributed by atoms with E-state index in [2.05, 4.69) is 11.4 Å². The van der Waals surface area contributed by atoms with Gasteiger partial charge in [-0.2, -0.15) is 0 Å². The lowest BCUT2D eigenvalue weighted by molar-refractivity contribution is -0.117. The molecule has 3 heterocycles. The second kappa shape index (κ2) is 9.22. The lowest BCUT2D eigenvalue weighted by Crippen LogP contribution is -2.25. The van der Waals surface area contributed by atoms with E-state index < -0.39 is 0 Å². The Morgan fingerprint density at radius 1 is 1.12 bits per heavy atom. The number of nitrogens with one attached hydrogen (secondary N) is 1. The molecule has 0 bridgehead atoms. The van der Waals surface area contributed by atoms with Crippen LogP contribution < -0.4 is 10.2 Å². The summed E-state index contributed by atoms with van der Waals surface area (Å²) in [6, 6.07) is 19.7. The van der Waals surface area contributed by atoms with Crippen LogP contribution in [-0.2, 0) is 17.1 Å². The molecule has 1 saturated heterocycles. The molecular formula is C25H22N2O3S2. The van der Waals surface area contributed by atoms with Gasteiger partial charge in [0, 0.05) is 41.9 Å². The van der Waals surface area contributed by atoms with Gasteiger partial charge in [0.15, 0.2) is 5.76 Å². The largest absolute Gasteiger partial charge is 0.451 e. The van der Waals surface area contributed by atoms with Crippen molar-refractivity contribution in [2.75, 3.05) is 11.4 Å². The third kappa shape index (κ3) is 4.31. The number of thioether (sulfide) groups is 1. The molecule has 0 atom stereocenters. The van der Waals surface area contributed by atoms with Crippen molar-refractivity contribution in [3.8, 4) is 0 Å². The monoisotopic (exact) mass is 462 g/mol. The zero-order chi connectivity index (χ0) is 21.9. The minimum atomic E-state index is -0.231. The summed E-state index contributed by atoms with van der Waals surface area (Å²) in [4.78, 5) is 26.9. The molecule has 0 radical (unpaired) electrons. The van der Waals surface area contributed by atoms with Gasteiger partial charge in [0.1, 0.15) is 5.58 Å². The minimum Gasteiger partial charge on any atom is -0.451 e. The molecule has 0 aliphatic carbocycles. The van der Waals surface area contributed by atoms with Crippen LogP contribution >= 0.6 is 23.1 Å². The molecule has 5 rings (SSSR count). The predicted octanol–water partition coefficient (Wildman–Crippen LogP) is 5.84. The van der Waals surface area contributed by atoms with Gasteiger partial charge in [-0.3, -0.25) is 9.59 Å². The normalized spacial score (nSPS) is 13.8. The van der Waals surface area contributed by atoms with E-state index >= 15 is 0 Å². The van der Waals surface area contributed by atoms with Gasteiger partial charge in [0.25, 0.3) is 5.91 Å². The molecule has 5 nitrogen and oxygen atoms in total. The van der Waals surface area contributed by atoms with Gasteiger partial charge in [-0.05, 0) is 41.6 Å². The maximum atomic E-state index is 13.1. The summed E-state index contributed by atoms with van der Waals surface area (Å²) in [6.07, 6.45) is 1.48. The van der Waals surface area contributed by atoms with E-state index in [-0.39, 0.29) is 11.8 Å². The van der Waals surface area contributed by atoms with Crippen LogP contribution in [0.1, 0.15) is 34.5 Å². The molecular weight excluding hydrogens is 440 g/mol. The van der Waals surface area contributed by atoms with Crippen molar-refractivity contribution in [2.45, 2.75) is 29.3 Å². The fourth-order valence-electron chi connectivity index (χ4n) is 3.93. The maximum Gasteiger partial charge on any atom is 0.287 e. The molecule has 0 unspecified atom stereocenters. The average Bonchev–Trinajstić information content (AvgIpc) is 3.56. The molecule has 1 aliphatic heterocycles. The van der Waals surface area contributed by atoms with Crippen molar-refractivity contribution >= 4 is 51.6 Å². The highest BCUT2D eigenvalue weighted by atomic mass is 32.2. The van der Waals surface area contributed by atoms with Gasteiger partial charge in [-0.25, -0.2) is 0 Å². The van der Waals surface area contributed by atoms with Crippen LogP contribution in [0.25, 0.3) is 11.0 Å². The predicted molar refractivity (Wildman–Crippen MR) is 129 cm³/mol. The second-order valence-corrected chi connectivity index (χ2v) is 9.85. The first-order valence-electron chi connectivity index (χ1n) is 10.5. The van der Waals surface area contributed by atoms with Crippen LogP contribution in [-0.4, -0.2) is 18.4 Å². The standard InChI is InChI=1S/C25H22N2O3S2/c28-22-10-4-12-27(22)18-7-3-6-17(14-18)15-26-25(29)24-20(16-32-23-11-5-13-31-23)19-8-1-2-9-21(19)30-24/h1-3,5-9,11,13-14H,4,10,12,15-16H2,(H,26,29). The van der Waals surface area contributed by atoms with Crippen molar-refractivity contribution < 1.29 is 14.0 Å². The molecule has 2 aromatic heterocycles. The highest BCUT2D eigenvalue weighted by molar-refractivity contribution is 8.00. The highest BCUT2D eigenvalue weighted by Gasteiger charge is 2.23. The Morgan fingerprint density at radius 2 is 2.03 bits per heavy atom. The summed E-state index contributed by atoms with van der Waals surface area (Å²) >= 11 is 3.39. The van der Waals surface area contributed by atoms with Gasteiger partial charge in [0.05, 0.1) is 4.21 Å². The molecule has 0 saturated carbocycles. The Labute approximate surface area is 194 Å². The number of anilines is 1. The maximum absolute atomic E-state index is 13.1. The molecule has 2 aromatic carbocycles. The number of para-hydroxylation sites is 1. The van der Waals surface area contributed by atoms with Gasteiger partial charge >= 0.3 is 0 Å². The minimum absolute atomic E-state index is 0.154. The fourth-order valence-corrected chi connectivity index (χ4v) is 5.74. The summed E-state index contributed by atoms with van der Waals surface area (Å²) in [5, 5.41) is 6.01. The molecule has 1 fully saturated rings. The summed E-state index contributed by atoms with van der Waals surface area (Å²) < 4.78 is 7.17. The first-order valence-corrected chi connectivity index (χ1v) is 12.4. The third-order valence-corrected chi connectivity index (χ3v) is 7.66. The number of thiophene rings is 1. The number of amides is 2. The van der Waals surface area contributed by atoms with Crippen molar-refractivity contribution in [3.63, 3.8) is 0 Å². The van der Waals surface area contributed by atoms with Crippen LogP contribution in [0.4, 0.5) is 5.69 Å². The lowest BCUT2D eigenvalue weighted by Gasteiger charge is -2.16. The van der Waals surface area contributed by atoms with Crippen molar-refractivity contribution in [2.24, 2.45) is 0 Å². The number of rotatable bonds is 7. The highest BCUT2D eigenvalue weighted by Crippen LogP contribution is 2.33. The van der Waals surface area contributed by atoms with E-state index in [4.69, 9.17) is 4.42 Å². The zero-order valence-electron chi connectivity index (χ0n) is 17.4. The molecule has 4 aromatic rings.